The van der Waals surface area contributed by atoms with E-state index in [0.717, 1.165) is 44.1 Å². The molecule has 1 aromatic rings. The minimum atomic E-state index is 0.0216. The molecule has 5 heteroatoms. The van der Waals surface area contributed by atoms with Crippen molar-refractivity contribution in [2.75, 3.05) is 26.2 Å². The molecule has 0 spiro atoms. The second-order valence-electron chi connectivity index (χ2n) is 4.44. The van der Waals surface area contributed by atoms with E-state index in [2.05, 4.69) is 21.4 Å². The zero-order valence-electron chi connectivity index (χ0n) is 10.7. The van der Waals surface area contributed by atoms with Crippen molar-refractivity contribution in [3.8, 4) is 0 Å². The number of hydrogen-bond acceptors (Lipinski definition) is 4. The van der Waals surface area contributed by atoms with Crippen LogP contribution >= 0.6 is 0 Å². The highest BCUT2D eigenvalue weighted by Gasteiger charge is 2.19. The first-order valence-electron chi connectivity index (χ1n) is 6.10. The van der Waals surface area contributed by atoms with Crippen molar-refractivity contribution in [3.63, 3.8) is 0 Å². The normalized spacial score (nSPS) is 16.6. The van der Waals surface area contributed by atoms with Gasteiger partial charge in [-0.1, -0.05) is 6.58 Å². The molecule has 0 aliphatic carbocycles. The van der Waals surface area contributed by atoms with Crippen molar-refractivity contribution in [2.45, 2.75) is 13.5 Å². The fraction of sp³-hybridized carbons (Fsp3) is 0.462. The molecule has 0 atom stereocenters. The Hall–Kier alpha value is -1.75. The standard InChI is InChI=1S/C13H18N4O/c1-3-13(18)17-6-4-16(5-7-17)10-12-8-14-11(2)15-9-12/h3,8-9H,1,4-7,10H2,2H3. The number of nitrogens with zero attached hydrogens (tertiary/aromatic N) is 4. The molecule has 1 fully saturated rings. The molecule has 18 heavy (non-hydrogen) atoms. The van der Waals surface area contributed by atoms with Crippen molar-refractivity contribution < 1.29 is 4.79 Å². The summed E-state index contributed by atoms with van der Waals surface area (Å²) >= 11 is 0. The number of rotatable bonds is 3. The molecule has 0 saturated carbocycles. The Bertz CT molecular complexity index is 421. The molecule has 1 aliphatic heterocycles. The Morgan fingerprint density at radius 1 is 1.33 bits per heavy atom. The van der Waals surface area contributed by atoms with Gasteiger partial charge in [-0.3, -0.25) is 9.69 Å². The van der Waals surface area contributed by atoms with Gasteiger partial charge in [0.05, 0.1) is 0 Å². The number of carbonyl (C=O) groups excluding carboxylic acids is 1. The van der Waals surface area contributed by atoms with Gasteiger partial charge in [0, 0.05) is 50.7 Å². The fourth-order valence-corrected chi connectivity index (χ4v) is 2.01. The molecule has 1 saturated heterocycles. The van der Waals surface area contributed by atoms with Gasteiger partial charge in [0.2, 0.25) is 5.91 Å². The van der Waals surface area contributed by atoms with Crippen molar-refractivity contribution >= 4 is 5.91 Å². The summed E-state index contributed by atoms with van der Waals surface area (Å²) in [7, 11) is 0. The molecular formula is C13H18N4O. The Morgan fingerprint density at radius 2 is 1.94 bits per heavy atom. The third-order valence-electron chi connectivity index (χ3n) is 3.10. The maximum atomic E-state index is 11.4. The van der Waals surface area contributed by atoms with E-state index in [-0.39, 0.29) is 5.91 Å². The van der Waals surface area contributed by atoms with E-state index >= 15 is 0 Å². The smallest absolute Gasteiger partial charge is 0.246 e. The van der Waals surface area contributed by atoms with Crippen LogP contribution in [0, 0.1) is 6.92 Å². The van der Waals surface area contributed by atoms with Gasteiger partial charge in [-0.25, -0.2) is 9.97 Å². The van der Waals surface area contributed by atoms with Crippen LogP contribution in [0.3, 0.4) is 0 Å². The van der Waals surface area contributed by atoms with E-state index in [4.69, 9.17) is 0 Å². The molecule has 96 valence electrons. The highest BCUT2D eigenvalue weighted by atomic mass is 16.2. The molecule has 1 amide bonds. The van der Waals surface area contributed by atoms with Crippen LogP contribution in [-0.2, 0) is 11.3 Å². The van der Waals surface area contributed by atoms with Gasteiger partial charge < -0.3 is 4.90 Å². The molecule has 0 aromatic carbocycles. The van der Waals surface area contributed by atoms with Gasteiger partial charge in [0.15, 0.2) is 0 Å². The molecule has 1 aliphatic rings. The predicted octanol–water partition coefficient (Wildman–Crippen LogP) is 0.615. The average molecular weight is 246 g/mol. The summed E-state index contributed by atoms with van der Waals surface area (Å²) in [6.07, 6.45) is 5.11. The lowest BCUT2D eigenvalue weighted by molar-refractivity contribution is -0.127. The molecule has 2 heterocycles. The number of aryl methyl sites for hydroxylation is 1. The van der Waals surface area contributed by atoms with Gasteiger partial charge in [0.25, 0.3) is 0 Å². The second-order valence-corrected chi connectivity index (χ2v) is 4.44. The highest BCUT2D eigenvalue weighted by Crippen LogP contribution is 2.07. The molecule has 2 rings (SSSR count). The van der Waals surface area contributed by atoms with Gasteiger partial charge in [-0.05, 0) is 13.0 Å². The summed E-state index contributed by atoms with van der Waals surface area (Å²) in [5, 5.41) is 0. The molecule has 5 nitrogen and oxygen atoms in total. The van der Waals surface area contributed by atoms with Crippen LogP contribution in [0.15, 0.2) is 25.0 Å². The minimum Gasteiger partial charge on any atom is -0.337 e. The lowest BCUT2D eigenvalue weighted by Crippen LogP contribution is -2.47. The van der Waals surface area contributed by atoms with E-state index in [9.17, 15) is 4.79 Å². The lowest BCUT2D eigenvalue weighted by atomic mass is 10.2. The molecular weight excluding hydrogens is 228 g/mol. The maximum Gasteiger partial charge on any atom is 0.246 e. The first-order chi connectivity index (χ1) is 8.69. The van der Waals surface area contributed by atoms with Crippen molar-refractivity contribution in [2.24, 2.45) is 0 Å². The third-order valence-corrected chi connectivity index (χ3v) is 3.10. The highest BCUT2D eigenvalue weighted by molar-refractivity contribution is 5.87. The second kappa shape index (κ2) is 5.73. The van der Waals surface area contributed by atoms with Crippen LogP contribution in [-0.4, -0.2) is 51.9 Å². The topological polar surface area (TPSA) is 49.3 Å². The van der Waals surface area contributed by atoms with Gasteiger partial charge in [-0.2, -0.15) is 0 Å². The molecule has 0 bridgehead atoms. The Kier molecular flexibility index (Phi) is 4.04. The summed E-state index contributed by atoms with van der Waals surface area (Å²) in [6, 6.07) is 0. The van der Waals surface area contributed by atoms with E-state index in [1.807, 2.05) is 24.2 Å². The first kappa shape index (κ1) is 12.7. The summed E-state index contributed by atoms with van der Waals surface area (Å²) in [6.45, 7) is 9.52. The summed E-state index contributed by atoms with van der Waals surface area (Å²) in [5.74, 6) is 0.813. The Balaban J connectivity index is 1.85. The zero-order valence-corrected chi connectivity index (χ0v) is 10.7. The number of amides is 1. The largest absolute Gasteiger partial charge is 0.337 e. The van der Waals surface area contributed by atoms with Crippen LogP contribution in [0.25, 0.3) is 0 Å². The van der Waals surface area contributed by atoms with Crippen LogP contribution in [0.4, 0.5) is 0 Å². The summed E-state index contributed by atoms with van der Waals surface area (Å²) < 4.78 is 0. The van der Waals surface area contributed by atoms with E-state index in [1.54, 1.807) is 0 Å². The molecule has 0 unspecified atom stereocenters. The van der Waals surface area contributed by atoms with Crippen LogP contribution in [0.2, 0.25) is 0 Å². The molecule has 0 N–H and O–H groups in total. The predicted molar refractivity (Wildman–Crippen MR) is 68.8 cm³/mol. The first-order valence-corrected chi connectivity index (χ1v) is 6.10. The minimum absolute atomic E-state index is 0.0216. The van der Waals surface area contributed by atoms with Gasteiger partial charge >= 0.3 is 0 Å². The Morgan fingerprint density at radius 3 is 2.50 bits per heavy atom. The van der Waals surface area contributed by atoms with Crippen LogP contribution in [0.1, 0.15) is 11.4 Å². The number of aromatic nitrogens is 2. The average Bonchev–Trinajstić information content (AvgIpc) is 2.41. The number of carbonyl (C=O) groups is 1. The van der Waals surface area contributed by atoms with Crippen molar-refractivity contribution in [1.29, 1.82) is 0 Å². The number of hydrogen-bond donors (Lipinski definition) is 0. The van der Waals surface area contributed by atoms with E-state index in [1.165, 1.54) is 6.08 Å². The maximum absolute atomic E-state index is 11.4. The monoisotopic (exact) mass is 246 g/mol. The van der Waals surface area contributed by atoms with Crippen LogP contribution in [0.5, 0.6) is 0 Å². The Labute approximate surface area is 107 Å². The summed E-state index contributed by atoms with van der Waals surface area (Å²) in [5.41, 5.74) is 1.11. The van der Waals surface area contributed by atoms with Crippen molar-refractivity contribution in [1.82, 2.24) is 19.8 Å². The van der Waals surface area contributed by atoms with Gasteiger partial charge in [-0.15, -0.1) is 0 Å². The zero-order chi connectivity index (χ0) is 13.0. The molecule has 0 radical (unpaired) electrons. The van der Waals surface area contributed by atoms with Gasteiger partial charge in [0.1, 0.15) is 5.82 Å². The number of piperazine rings is 1. The van der Waals surface area contributed by atoms with E-state index < -0.39 is 0 Å². The SMILES string of the molecule is C=CC(=O)N1CCN(Cc2cnc(C)nc2)CC1. The summed E-state index contributed by atoms with van der Waals surface area (Å²) in [4.78, 5) is 23.9. The van der Waals surface area contributed by atoms with Crippen molar-refractivity contribution in [3.05, 3.63) is 36.4 Å². The lowest BCUT2D eigenvalue weighted by Gasteiger charge is -2.34. The fourth-order valence-electron chi connectivity index (χ4n) is 2.01. The van der Waals surface area contributed by atoms with Crippen LogP contribution < -0.4 is 0 Å². The quantitative estimate of drug-likeness (QED) is 0.733. The molecule has 1 aromatic heterocycles. The third kappa shape index (κ3) is 3.13. The van der Waals surface area contributed by atoms with E-state index in [0.29, 0.717) is 0 Å².